The molecule has 0 radical (unpaired) electrons. The summed E-state index contributed by atoms with van der Waals surface area (Å²) >= 11 is 0. The van der Waals surface area contributed by atoms with Gasteiger partial charge in [0.1, 0.15) is 19.2 Å². The molecule has 0 spiro atoms. The number of hydrogen-bond donors (Lipinski definition) is 0. The van der Waals surface area contributed by atoms with E-state index >= 15 is 0 Å². The SMILES string of the molecule is O=c1oc2ccccc2n1CCCc1nc(Cn2cncn2)no1. The quantitative estimate of drug-likeness (QED) is 0.525. The first-order valence-corrected chi connectivity index (χ1v) is 7.52. The van der Waals surface area contributed by atoms with Crippen molar-refractivity contribution in [2.75, 3.05) is 0 Å². The van der Waals surface area contributed by atoms with Gasteiger partial charge in [0.2, 0.25) is 5.89 Å². The summed E-state index contributed by atoms with van der Waals surface area (Å²) in [4.78, 5) is 20.1. The molecular weight excluding hydrogens is 312 g/mol. The zero-order valence-corrected chi connectivity index (χ0v) is 12.7. The van der Waals surface area contributed by atoms with E-state index in [1.807, 2.05) is 18.2 Å². The maximum absolute atomic E-state index is 11.9. The zero-order chi connectivity index (χ0) is 16.4. The minimum Gasteiger partial charge on any atom is -0.408 e. The number of aromatic nitrogens is 6. The maximum atomic E-state index is 11.9. The van der Waals surface area contributed by atoms with Gasteiger partial charge in [-0.1, -0.05) is 17.3 Å². The zero-order valence-electron chi connectivity index (χ0n) is 12.7. The number of fused-ring (bicyclic) bond motifs is 1. The number of aryl methyl sites for hydroxylation is 2. The Balaban J connectivity index is 1.39. The molecule has 4 aromatic rings. The predicted octanol–water partition coefficient (Wildman–Crippen LogP) is 1.25. The molecule has 0 unspecified atom stereocenters. The van der Waals surface area contributed by atoms with Crippen LogP contribution in [-0.2, 0) is 19.5 Å². The minimum absolute atomic E-state index is 0.353. The highest BCUT2D eigenvalue weighted by Crippen LogP contribution is 2.12. The average molecular weight is 326 g/mol. The first-order chi connectivity index (χ1) is 11.8. The van der Waals surface area contributed by atoms with E-state index in [-0.39, 0.29) is 5.76 Å². The first kappa shape index (κ1) is 14.4. The van der Waals surface area contributed by atoms with Crippen LogP contribution >= 0.6 is 0 Å². The third-order valence-electron chi connectivity index (χ3n) is 3.63. The van der Waals surface area contributed by atoms with Crippen LogP contribution < -0.4 is 5.76 Å². The summed E-state index contributed by atoms with van der Waals surface area (Å²) in [5, 5.41) is 7.90. The van der Waals surface area contributed by atoms with Crippen LogP contribution in [0.5, 0.6) is 0 Å². The smallest absolute Gasteiger partial charge is 0.408 e. The summed E-state index contributed by atoms with van der Waals surface area (Å²) in [5.41, 5.74) is 1.38. The van der Waals surface area contributed by atoms with Gasteiger partial charge in [-0.05, 0) is 18.6 Å². The van der Waals surface area contributed by atoms with Crippen molar-refractivity contribution in [2.45, 2.75) is 25.9 Å². The molecule has 3 heterocycles. The molecule has 3 aromatic heterocycles. The molecular formula is C15H14N6O3. The van der Waals surface area contributed by atoms with E-state index in [2.05, 4.69) is 20.2 Å². The lowest BCUT2D eigenvalue weighted by atomic mass is 10.3. The van der Waals surface area contributed by atoms with Crippen LogP contribution in [0.15, 0.2) is 50.7 Å². The van der Waals surface area contributed by atoms with E-state index in [4.69, 9.17) is 8.94 Å². The van der Waals surface area contributed by atoms with E-state index in [1.54, 1.807) is 21.6 Å². The Kier molecular flexibility index (Phi) is 3.66. The Labute approximate surface area is 135 Å². The molecule has 122 valence electrons. The summed E-state index contributed by atoms with van der Waals surface area (Å²) in [6.07, 6.45) is 4.31. The fraction of sp³-hybridized carbons (Fsp3) is 0.267. The number of rotatable bonds is 6. The highest BCUT2D eigenvalue weighted by atomic mass is 16.5. The molecule has 0 fully saturated rings. The van der Waals surface area contributed by atoms with Gasteiger partial charge in [0.15, 0.2) is 11.4 Å². The molecule has 0 saturated heterocycles. The molecule has 9 nitrogen and oxygen atoms in total. The van der Waals surface area contributed by atoms with Gasteiger partial charge in [-0.2, -0.15) is 10.1 Å². The van der Waals surface area contributed by atoms with Gasteiger partial charge >= 0.3 is 5.76 Å². The van der Waals surface area contributed by atoms with E-state index in [1.165, 1.54) is 6.33 Å². The Hall–Kier alpha value is -3.23. The van der Waals surface area contributed by atoms with Crippen molar-refractivity contribution in [3.8, 4) is 0 Å². The lowest BCUT2D eigenvalue weighted by Crippen LogP contribution is -2.14. The molecule has 9 heteroatoms. The van der Waals surface area contributed by atoms with Crippen LogP contribution in [0.1, 0.15) is 18.1 Å². The highest BCUT2D eigenvalue weighted by molar-refractivity contribution is 5.72. The average Bonchev–Trinajstić information content (AvgIpc) is 3.30. The lowest BCUT2D eigenvalue weighted by molar-refractivity contribution is 0.365. The third kappa shape index (κ3) is 2.83. The number of oxazole rings is 1. The molecule has 0 amide bonds. The number of para-hydroxylation sites is 2. The van der Waals surface area contributed by atoms with Gasteiger partial charge in [-0.25, -0.2) is 14.5 Å². The van der Waals surface area contributed by atoms with Crippen molar-refractivity contribution in [1.82, 2.24) is 29.5 Å². The molecule has 1 aromatic carbocycles. The molecule has 0 aliphatic rings. The summed E-state index contributed by atoms with van der Waals surface area (Å²) in [7, 11) is 0. The van der Waals surface area contributed by atoms with E-state index < -0.39 is 0 Å². The van der Waals surface area contributed by atoms with Crippen molar-refractivity contribution in [2.24, 2.45) is 0 Å². The standard InChI is InChI=1S/C15H14N6O3/c22-15-21(11-4-1-2-5-12(11)23-15)7-3-6-14-18-13(19-24-14)8-20-10-16-9-17-20/h1-2,4-5,9-10H,3,6-8H2. The lowest BCUT2D eigenvalue weighted by Gasteiger charge is -1.99. The topological polar surface area (TPSA) is 105 Å². The van der Waals surface area contributed by atoms with Crippen molar-refractivity contribution in [3.63, 3.8) is 0 Å². The van der Waals surface area contributed by atoms with Crippen LogP contribution in [0.25, 0.3) is 11.1 Å². The van der Waals surface area contributed by atoms with Gasteiger partial charge in [0.25, 0.3) is 0 Å². The third-order valence-corrected chi connectivity index (χ3v) is 3.63. The van der Waals surface area contributed by atoms with E-state index in [9.17, 15) is 4.79 Å². The van der Waals surface area contributed by atoms with Crippen molar-refractivity contribution >= 4 is 11.1 Å². The Morgan fingerprint density at radius 1 is 1.21 bits per heavy atom. The van der Waals surface area contributed by atoms with Crippen molar-refractivity contribution in [1.29, 1.82) is 0 Å². The Morgan fingerprint density at radius 3 is 3.00 bits per heavy atom. The van der Waals surface area contributed by atoms with Gasteiger partial charge in [0, 0.05) is 13.0 Å². The van der Waals surface area contributed by atoms with Gasteiger partial charge in [-0.15, -0.1) is 0 Å². The monoisotopic (exact) mass is 326 g/mol. The maximum Gasteiger partial charge on any atom is 0.419 e. The number of hydrogen-bond acceptors (Lipinski definition) is 7. The largest absolute Gasteiger partial charge is 0.419 e. The molecule has 0 N–H and O–H groups in total. The fourth-order valence-electron chi connectivity index (χ4n) is 2.53. The Morgan fingerprint density at radius 2 is 2.12 bits per heavy atom. The van der Waals surface area contributed by atoms with Crippen LogP contribution in [-0.4, -0.2) is 29.5 Å². The van der Waals surface area contributed by atoms with Crippen molar-refractivity contribution in [3.05, 3.63) is 59.2 Å². The van der Waals surface area contributed by atoms with E-state index in [0.717, 1.165) is 5.52 Å². The first-order valence-electron chi connectivity index (χ1n) is 7.52. The molecule has 0 saturated carbocycles. The van der Waals surface area contributed by atoms with Gasteiger partial charge < -0.3 is 8.94 Å². The summed E-state index contributed by atoms with van der Waals surface area (Å²) < 4.78 is 13.7. The summed E-state index contributed by atoms with van der Waals surface area (Å²) in [5.74, 6) is 0.723. The second-order valence-electron chi connectivity index (χ2n) is 5.29. The van der Waals surface area contributed by atoms with Gasteiger partial charge in [0.05, 0.1) is 5.52 Å². The van der Waals surface area contributed by atoms with Crippen LogP contribution in [0, 0.1) is 0 Å². The molecule has 0 bridgehead atoms. The highest BCUT2D eigenvalue weighted by Gasteiger charge is 2.10. The fourth-order valence-corrected chi connectivity index (χ4v) is 2.53. The normalized spacial score (nSPS) is 11.3. The molecule has 0 atom stereocenters. The van der Waals surface area contributed by atoms with Crippen LogP contribution in [0.3, 0.4) is 0 Å². The summed E-state index contributed by atoms with van der Waals surface area (Å²) in [6, 6.07) is 7.36. The van der Waals surface area contributed by atoms with Crippen LogP contribution in [0.4, 0.5) is 0 Å². The molecule has 0 aliphatic carbocycles. The Bertz CT molecular complexity index is 998. The summed E-state index contributed by atoms with van der Waals surface area (Å²) in [6.45, 7) is 0.936. The van der Waals surface area contributed by atoms with Gasteiger partial charge in [-0.3, -0.25) is 4.57 Å². The number of benzene rings is 1. The van der Waals surface area contributed by atoms with Crippen LogP contribution in [0.2, 0.25) is 0 Å². The molecule has 0 aliphatic heterocycles. The number of nitrogens with zero attached hydrogens (tertiary/aromatic N) is 6. The van der Waals surface area contributed by atoms with Crippen molar-refractivity contribution < 1.29 is 8.94 Å². The molecule has 4 rings (SSSR count). The second-order valence-corrected chi connectivity index (χ2v) is 5.29. The predicted molar refractivity (Wildman–Crippen MR) is 82.2 cm³/mol. The second kappa shape index (κ2) is 6.11. The minimum atomic E-state index is -0.353. The van der Waals surface area contributed by atoms with E-state index in [0.29, 0.717) is 43.2 Å². The molecule has 24 heavy (non-hydrogen) atoms.